The van der Waals surface area contributed by atoms with E-state index in [1.54, 1.807) is 6.26 Å². The number of thiocarbonyl (C=S) groups is 1. The first-order chi connectivity index (χ1) is 12.5. The molecule has 1 aromatic heterocycles. The van der Waals surface area contributed by atoms with Crippen LogP contribution >= 0.6 is 24.0 Å². The molecule has 1 N–H and O–H groups in total. The Morgan fingerprint density at radius 1 is 1.31 bits per heavy atom. The number of hydrogen-bond acceptors (Lipinski definition) is 6. The van der Waals surface area contributed by atoms with Gasteiger partial charge in [-0.15, -0.1) is 11.8 Å². The van der Waals surface area contributed by atoms with Crippen LogP contribution in [0.25, 0.3) is 5.69 Å². The van der Waals surface area contributed by atoms with Crippen molar-refractivity contribution >= 4 is 35.0 Å². The SMILES string of the molecule is CSc1nn(-c2c(F)c(F)cc(F)c2F)c(NCCCN=C=S)c1C#N. The molecule has 5 nitrogen and oxygen atoms in total. The molecular weight excluding hydrogens is 390 g/mol. The second-order valence-electron chi connectivity index (χ2n) is 4.83. The van der Waals surface area contributed by atoms with Crippen molar-refractivity contribution < 1.29 is 17.6 Å². The standard InChI is InChI=1S/C15H11F4N5S2/c1-26-15-8(6-20)14(22-4-2-3-21-7-25)24(23-15)13-11(18)9(16)5-10(17)12(13)19/h5,22H,2-4H2,1H3. The summed E-state index contributed by atoms with van der Waals surface area (Å²) in [6.45, 7) is 0.592. The van der Waals surface area contributed by atoms with Gasteiger partial charge in [-0.2, -0.15) is 10.4 Å². The van der Waals surface area contributed by atoms with Gasteiger partial charge in [0.15, 0.2) is 23.3 Å². The number of aliphatic imine (C=N–C) groups is 1. The Labute approximate surface area is 155 Å². The highest BCUT2D eigenvalue weighted by Gasteiger charge is 2.26. The summed E-state index contributed by atoms with van der Waals surface area (Å²) in [5.74, 6) is -6.44. The number of benzene rings is 1. The van der Waals surface area contributed by atoms with Crippen molar-refractivity contribution in [1.82, 2.24) is 9.78 Å². The molecule has 0 radical (unpaired) electrons. The summed E-state index contributed by atoms with van der Waals surface area (Å²) < 4.78 is 56.1. The van der Waals surface area contributed by atoms with Crippen molar-refractivity contribution in [2.24, 2.45) is 4.99 Å². The summed E-state index contributed by atoms with van der Waals surface area (Å²) >= 11 is 5.49. The predicted octanol–water partition coefficient (Wildman–Crippen LogP) is 3.93. The fraction of sp³-hybridized carbons (Fsp3) is 0.267. The number of aromatic nitrogens is 2. The molecule has 1 heterocycles. The van der Waals surface area contributed by atoms with Crippen LogP contribution in [0.15, 0.2) is 16.1 Å². The van der Waals surface area contributed by atoms with E-state index in [4.69, 9.17) is 0 Å². The molecule has 0 saturated carbocycles. The van der Waals surface area contributed by atoms with Gasteiger partial charge in [0.05, 0.1) is 11.7 Å². The van der Waals surface area contributed by atoms with Crippen LogP contribution in [0.2, 0.25) is 0 Å². The minimum Gasteiger partial charge on any atom is -0.369 e. The Morgan fingerprint density at radius 3 is 2.50 bits per heavy atom. The van der Waals surface area contributed by atoms with E-state index in [0.29, 0.717) is 17.6 Å². The highest BCUT2D eigenvalue weighted by molar-refractivity contribution is 7.98. The summed E-state index contributed by atoms with van der Waals surface area (Å²) in [6.07, 6.45) is 2.07. The second-order valence-corrected chi connectivity index (χ2v) is 5.80. The molecule has 1 aromatic carbocycles. The van der Waals surface area contributed by atoms with Crippen molar-refractivity contribution in [3.8, 4) is 11.8 Å². The maximum Gasteiger partial charge on any atom is 0.187 e. The second kappa shape index (κ2) is 8.80. The molecule has 2 rings (SSSR count). The molecule has 136 valence electrons. The van der Waals surface area contributed by atoms with E-state index in [1.165, 1.54) is 0 Å². The number of thioether (sulfide) groups is 1. The van der Waals surface area contributed by atoms with Gasteiger partial charge >= 0.3 is 0 Å². The van der Waals surface area contributed by atoms with Crippen LogP contribution in [0.1, 0.15) is 12.0 Å². The van der Waals surface area contributed by atoms with Gasteiger partial charge in [-0.05, 0) is 24.9 Å². The number of rotatable bonds is 7. The molecule has 0 aliphatic rings. The van der Waals surface area contributed by atoms with Crippen LogP contribution in [0.3, 0.4) is 0 Å². The lowest BCUT2D eigenvalue weighted by molar-refractivity contribution is 0.444. The van der Waals surface area contributed by atoms with E-state index in [0.717, 1.165) is 11.8 Å². The maximum absolute atomic E-state index is 14.2. The average Bonchev–Trinajstić information content (AvgIpc) is 2.97. The largest absolute Gasteiger partial charge is 0.369 e. The van der Waals surface area contributed by atoms with E-state index in [2.05, 4.69) is 32.8 Å². The Morgan fingerprint density at radius 2 is 1.96 bits per heavy atom. The third-order valence-electron chi connectivity index (χ3n) is 3.26. The lowest BCUT2D eigenvalue weighted by Crippen LogP contribution is -2.13. The molecule has 0 fully saturated rings. The van der Waals surface area contributed by atoms with Crippen molar-refractivity contribution in [3.63, 3.8) is 0 Å². The Bertz CT molecular complexity index is 890. The first-order valence-electron chi connectivity index (χ1n) is 7.14. The first-order valence-corrected chi connectivity index (χ1v) is 8.77. The van der Waals surface area contributed by atoms with Crippen LogP contribution in [-0.4, -0.2) is 34.3 Å². The van der Waals surface area contributed by atoms with Crippen molar-refractivity contribution in [2.75, 3.05) is 24.7 Å². The minimum absolute atomic E-state index is 0.000646. The molecule has 0 bridgehead atoms. The number of nitrogens with one attached hydrogen (secondary N) is 1. The molecular formula is C15H11F4N5S2. The van der Waals surface area contributed by atoms with E-state index >= 15 is 0 Å². The van der Waals surface area contributed by atoms with Gasteiger partial charge in [0.2, 0.25) is 0 Å². The van der Waals surface area contributed by atoms with Crippen LogP contribution < -0.4 is 5.32 Å². The van der Waals surface area contributed by atoms with Gasteiger partial charge in [0.1, 0.15) is 28.2 Å². The van der Waals surface area contributed by atoms with Gasteiger partial charge in [-0.1, -0.05) is 0 Å². The summed E-state index contributed by atoms with van der Waals surface area (Å²) in [4.78, 5) is 3.71. The van der Waals surface area contributed by atoms with Crippen LogP contribution in [-0.2, 0) is 0 Å². The third kappa shape index (κ3) is 3.88. The number of anilines is 1. The smallest absolute Gasteiger partial charge is 0.187 e. The lowest BCUT2D eigenvalue weighted by atomic mass is 10.2. The summed E-state index contributed by atoms with van der Waals surface area (Å²) in [7, 11) is 0. The quantitative estimate of drug-likeness (QED) is 0.190. The molecule has 2 aromatic rings. The van der Waals surface area contributed by atoms with Crippen molar-refractivity contribution in [1.29, 1.82) is 5.26 Å². The zero-order chi connectivity index (χ0) is 19.3. The summed E-state index contributed by atoms with van der Waals surface area (Å²) in [5.41, 5.74) is -1.04. The predicted molar refractivity (Wildman–Crippen MR) is 92.9 cm³/mol. The van der Waals surface area contributed by atoms with Crippen molar-refractivity contribution in [2.45, 2.75) is 11.4 Å². The minimum atomic E-state index is -1.61. The average molecular weight is 401 g/mol. The van der Waals surface area contributed by atoms with Gasteiger partial charge in [0.25, 0.3) is 0 Å². The topological polar surface area (TPSA) is 66.0 Å². The highest BCUT2D eigenvalue weighted by Crippen LogP contribution is 2.32. The molecule has 0 aliphatic carbocycles. The van der Waals surface area contributed by atoms with Crippen LogP contribution in [0.5, 0.6) is 0 Å². The van der Waals surface area contributed by atoms with Gasteiger partial charge in [0, 0.05) is 12.6 Å². The van der Waals surface area contributed by atoms with Gasteiger partial charge in [-0.25, -0.2) is 27.2 Å². The number of halogens is 4. The molecule has 0 amide bonds. The molecule has 26 heavy (non-hydrogen) atoms. The Kier molecular flexibility index (Phi) is 6.74. The third-order valence-corrected chi connectivity index (χ3v) is 4.06. The number of hydrogen-bond donors (Lipinski definition) is 1. The first kappa shape index (κ1) is 19.9. The summed E-state index contributed by atoms with van der Waals surface area (Å²) in [6, 6.07) is 1.98. The summed E-state index contributed by atoms with van der Waals surface area (Å²) in [5, 5.41) is 18.4. The zero-order valence-corrected chi connectivity index (χ0v) is 14.9. The molecule has 0 atom stereocenters. The molecule has 11 heteroatoms. The fourth-order valence-electron chi connectivity index (χ4n) is 2.12. The molecule has 0 aliphatic heterocycles. The van der Waals surface area contributed by atoms with Gasteiger partial charge < -0.3 is 5.32 Å². The lowest BCUT2D eigenvalue weighted by Gasteiger charge is -2.12. The van der Waals surface area contributed by atoms with E-state index in [-0.39, 0.29) is 29.0 Å². The van der Waals surface area contributed by atoms with Crippen molar-refractivity contribution in [3.05, 3.63) is 34.9 Å². The number of nitrogens with zero attached hydrogens (tertiary/aromatic N) is 4. The van der Waals surface area contributed by atoms with E-state index < -0.39 is 29.0 Å². The van der Waals surface area contributed by atoms with Crippen LogP contribution in [0.4, 0.5) is 23.4 Å². The van der Waals surface area contributed by atoms with Gasteiger partial charge in [-0.3, -0.25) is 0 Å². The maximum atomic E-state index is 14.2. The van der Waals surface area contributed by atoms with Crippen LogP contribution in [0, 0.1) is 34.6 Å². The molecule has 0 saturated heterocycles. The fourth-order valence-corrected chi connectivity index (χ4v) is 2.72. The molecule has 0 spiro atoms. The molecule has 0 unspecified atom stereocenters. The number of nitriles is 1. The van der Waals surface area contributed by atoms with E-state index in [1.807, 2.05) is 6.07 Å². The Balaban J connectivity index is 2.57. The highest BCUT2D eigenvalue weighted by atomic mass is 32.2. The number of isothiocyanates is 1. The zero-order valence-electron chi connectivity index (χ0n) is 13.3. The monoisotopic (exact) mass is 401 g/mol. The normalized spacial score (nSPS) is 10.3. The Hall–Kier alpha value is -2.41. The van der Waals surface area contributed by atoms with E-state index in [9.17, 15) is 22.8 Å².